The molecule has 2 aromatic carbocycles. The monoisotopic (exact) mass is 330 g/mol. The summed E-state index contributed by atoms with van der Waals surface area (Å²) in [5.74, 6) is -0.233. The number of nitrogens with zero attached hydrogens (tertiary/aromatic N) is 3. The lowest BCUT2D eigenvalue weighted by Gasteiger charge is -2.32. The molecule has 0 atom stereocenters. The van der Waals surface area contributed by atoms with Crippen LogP contribution in [0.1, 0.15) is 11.1 Å². The molecule has 2 aliphatic heterocycles. The first-order chi connectivity index (χ1) is 11.1. The van der Waals surface area contributed by atoms with Gasteiger partial charge in [0, 0.05) is 30.4 Å². The third-order valence-electron chi connectivity index (χ3n) is 4.27. The molecular formula is C17H16ClFN4. The maximum absolute atomic E-state index is 14.3. The molecule has 6 heteroatoms. The van der Waals surface area contributed by atoms with E-state index in [9.17, 15) is 4.39 Å². The molecule has 0 aromatic heterocycles. The first kappa shape index (κ1) is 14.4. The van der Waals surface area contributed by atoms with E-state index in [1.54, 1.807) is 12.1 Å². The highest BCUT2D eigenvalue weighted by atomic mass is 35.5. The number of rotatable bonds is 1. The van der Waals surface area contributed by atoms with Gasteiger partial charge in [0.2, 0.25) is 0 Å². The minimum absolute atomic E-state index is 0.233. The van der Waals surface area contributed by atoms with Crippen molar-refractivity contribution in [3.05, 3.63) is 70.6 Å². The molecule has 0 unspecified atom stereocenters. The minimum atomic E-state index is -0.233. The lowest BCUT2D eigenvalue weighted by atomic mass is 10.0. The quantitative estimate of drug-likeness (QED) is 0.864. The SMILES string of the molecule is CN1NC=C2c3cccc(Cl)c3CN(c3ccccc3F)CN21. The molecule has 0 fully saturated rings. The van der Waals surface area contributed by atoms with Gasteiger partial charge in [0.05, 0.1) is 11.4 Å². The summed E-state index contributed by atoms with van der Waals surface area (Å²) in [7, 11) is 1.93. The molecule has 2 aliphatic rings. The molecule has 118 valence electrons. The van der Waals surface area contributed by atoms with E-state index in [1.807, 2.05) is 47.5 Å². The standard InChI is InChI=1S/C17H16ClFN4/c1-21-20-9-17-12-5-4-6-14(18)13(12)10-22(11-23(17)21)16-8-3-2-7-15(16)19/h2-9,20H,10-11H2,1H3. The Hall–Kier alpha value is -2.24. The molecule has 23 heavy (non-hydrogen) atoms. The van der Waals surface area contributed by atoms with Crippen LogP contribution in [-0.2, 0) is 6.54 Å². The van der Waals surface area contributed by atoms with E-state index < -0.39 is 0 Å². The van der Waals surface area contributed by atoms with E-state index in [0.717, 1.165) is 16.8 Å². The molecule has 0 aliphatic carbocycles. The Kier molecular flexibility index (Phi) is 3.39. The van der Waals surface area contributed by atoms with Crippen LogP contribution in [0.3, 0.4) is 0 Å². The van der Waals surface area contributed by atoms with Gasteiger partial charge in [-0.2, -0.15) is 0 Å². The zero-order valence-electron chi connectivity index (χ0n) is 12.6. The third-order valence-corrected chi connectivity index (χ3v) is 4.62. The third kappa shape index (κ3) is 2.33. The van der Waals surface area contributed by atoms with Crippen LogP contribution in [0.2, 0.25) is 5.02 Å². The molecule has 2 aromatic rings. The lowest BCUT2D eigenvalue weighted by Crippen LogP contribution is -2.44. The highest BCUT2D eigenvalue weighted by molar-refractivity contribution is 6.31. The summed E-state index contributed by atoms with van der Waals surface area (Å²) >= 11 is 6.43. The summed E-state index contributed by atoms with van der Waals surface area (Å²) in [4.78, 5) is 1.99. The van der Waals surface area contributed by atoms with Crippen molar-refractivity contribution in [1.29, 1.82) is 0 Å². The maximum atomic E-state index is 14.3. The number of benzene rings is 2. The first-order valence-corrected chi connectivity index (χ1v) is 7.77. The Morgan fingerprint density at radius 2 is 1.96 bits per heavy atom. The molecule has 2 heterocycles. The van der Waals surface area contributed by atoms with Crippen molar-refractivity contribution in [2.24, 2.45) is 0 Å². The maximum Gasteiger partial charge on any atom is 0.146 e. The fraction of sp³-hybridized carbons (Fsp3) is 0.176. The number of hydrazine groups is 2. The second-order valence-electron chi connectivity index (χ2n) is 5.64. The highest BCUT2D eigenvalue weighted by Gasteiger charge is 2.31. The predicted octanol–water partition coefficient (Wildman–Crippen LogP) is 3.42. The van der Waals surface area contributed by atoms with E-state index in [-0.39, 0.29) is 5.82 Å². The average Bonchev–Trinajstić information content (AvgIpc) is 2.80. The molecule has 0 bridgehead atoms. The Balaban J connectivity index is 1.85. The number of fused-ring (bicyclic) bond motifs is 3. The van der Waals surface area contributed by atoms with Gasteiger partial charge in [0.1, 0.15) is 12.5 Å². The van der Waals surface area contributed by atoms with Gasteiger partial charge in [-0.1, -0.05) is 35.9 Å². The number of para-hydroxylation sites is 1. The number of halogens is 2. The Morgan fingerprint density at radius 3 is 2.78 bits per heavy atom. The molecule has 0 amide bonds. The Labute approximate surface area is 139 Å². The van der Waals surface area contributed by atoms with Gasteiger partial charge in [0.15, 0.2) is 0 Å². The van der Waals surface area contributed by atoms with Crippen molar-refractivity contribution in [3.8, 4) is 0 Å². The lowest BCUT2D eigenvalue weighted by molar-refractivity contribution is 0.0483. The van der Waals surface area contributed by atoms with Crippen LogP contribution in [0.25, 0.3) is 5.70 Å². The van der Waals surface area contributed by atoms with Gasteiger partial charge in [-0.15, -0.1) is 5.12 Å². The van der Waals surface area contributed by atoms with Crippen LogP contribution in [0.4, 0.5) is 10.1 Å². The van der Waals surface area contributed by atoms with Crippen LogP contribution in [0.15, 0.2) is 48.7 Å². The smallest absolute Gasteiger partial charge is 0.146 e. The van der Waals surface area contributed by atoms with Gasteiger partial charge in [-0.3, -0.25) is 5.01 Å². The van der Waals surface area contributed by atoms with Crippen LogP contribution >= 0.6 is 11.6 Å². The summed E-state index contributed by atoms with van der Waals surface area (Å²) in [5.41, 5.74) is 6.84. The van der Waals surface area contributed by atoms with Gasteiger partial charge < -0.3 is 10.3 Å². The predicted molar refractivity (Wildman–Crippen MR) is 89.6 cm³/mol. The molecule has 4 nitrogen and oxygen atoms in total. The van der Waals surface area contributed by atoms with E-state index >= 15 is 0 Å². The van der Waals surface area contributed by atoms with Crippen molar-refractivity contribution in [3.63, 3.8) is 0 Å². The first-order valence-electron chi connectivity index (χ1n) is 7.40. The summed E-state index contributed by atoms with van der Waals surface area (Å²) < 4.78 is 14.3. The zero-order chi connectivity index (χ0) is 16.0. The number of anilines is 1. The molecule has 0 saturated carbocycles. The molecule has 4 rings (SSSR count). The van der Waals surface area contributed by atoms with Gasteiger partial charge >= 0.3 is 0 Å². The van der Waals surface area contributed by atoms with Gasteiger partial charge in [-0.05, 0) is 23.8 Å². The molecule has 0 saturated heterocycles. The number of nitrogens with one attached hydrogen (secondary N) is 1. The summed E-state index contributed by atoms with van der Waals surface area (Å²) in [6, 6.07) is 12.7. The second kappa shape index (κ2) is 5.44. The fourth-order valence-corrected chi connectivity index (χ4v) is 3.31. The van der Waals surface area contributed by atoms with Gasteiger partial charge in [0.25, 0.3) is 0 Å². The van der Waals surface area contributed by atoms with Crippen molar-refractivity contribution < 1.29 is 4.39 Å². The van der Waals surface area contributed by atoms with Crippen molar-refractivity contribution in [1.82, 2.24) is 15.6 Å². The van der Waals surface area contributed by atoms with Crippen molar-refractivity contribution >= 4 is 23.0 Å². The van der Waals surface area contributed by atoms with E-state index in [4.69, 9.17) is 11.6 Å². The van der Waals surface area contributed by atoms with Gasteiger partial charge in [-0.25, -0.2) is 4.39 Å². The summed E-state index contributed by atoms with van der Waals surface area (Å²) in [6.07, 6.45) is 1.94. The topological polar surface area (TPSA) is 21.8 Å². The van der Waals surface area contributed by atoms with E-state index in [1.165, 1.54) is 6.07 Å². The molecular weight excluding hydrogens is 315 g/mol. The number of hydrogen-bond acceptors (Lipinski definition) is 4. The van der Waals surface area contributed by atoms with E-state index in [2.05, 4.69) is 10.4 Å². The Bertz CT molecular complexity index is 792. The summed E-state index contributed by atoms with van der Waals surface area (Å²) in [6.45, 7) is 1.08. The Morgan fingerprint density at radius 1 is 1.13 bits per heavy atom. The van der Waals surface area contributed by atoms with E-state index in [0.29, 0.717) is 23.9 Å². The molecule has 1 N–H and O–H groups in total. The van der Waals surface area contributed by atoms with Crippen LogP contribution in [0.5, 0.6) is 0 Å². The average molecular weight is 331 g/mol. The number of hydrogen-bond donors (Lipinski definition) is 1. The fourth-order valence-electron chi connectivity index (χ4n) is 3.08. The molecule has 0 radical (unpaired) electrons. The zero-order valence-corrected chi connectivity index (χ0v) is 13.4. The van der Waals surface area contributed by atoms with Crippen molar-refractivity contribution in [2.45, 2.75) is 6.54 Å². The molecule has 0 spiro atoms. The van der Waals surface area contributed by atoms with Crippen LogP contribution in [-0.4, -0.2) is 23.8 Å². The highest BCUT2D eigenvalue weighted by Crippen LogP contribution is 2.36. The largest absolute Gasteiger partial charge is 0.346 e. The minimum Gasteiger partial charge on any atom is -0.346 e. The summed E-state index contributed by atoms with van der Waals surface area (Å²) in [5, 5.41) is 4.65. The van der Waals surface area contributed by atoms with Crippen molar-refractivity contribution in [2.75, 3.05) is 18.6 Å². The second-order valence-corrected chi connectivity index (χ2v) is 6.05. The normalized spacial score (nSPS) is 17.3. The van der Waals surface area contributed by atoms with Crippen LogP contribution in [0, 0.1) is 5.82 Å². The van der Waals surface area contributed by atoms with Crippen LogP contribution < -0.4 is 10.3 Å².